The largest absolute Gasteiger partial charge is 0.389 e. The Labute approximate surface area is 110 Å². The number of benzene rings is 1. The molecule has 1 unspecified atom stereocenters. The molecule has 0 amide bonds. The van der Waals surface area contributed by atoms with Crippen LogP contribution in [0.4, 0.5) is 5.69 Å². The van der Waals surface area contributed by atoms with E-state index in [2.05, 4.69) is 28.9 Å². The Balaban J connectivity index is 2.05. The fraction of sp³-hybridized carbons (Fsp3) is 0.600. The molecule has 3 heteroatoms. The number of piperazine rings is 1. The van der Waals surface area contributed by atoms with E-state index in [4.69, 9.17) is 0 Å². The summed E-state index contributed by atoms with van der Waals surface area (Å²) in [6.07, 6.45) is 0.833. The number of aliphatic hydroxyl groups is 1. The lowest BCUT2D eigenvalue weighted by Gasteiger charge is -2.37. The predicted octanol–water partition coefficient (Wildman–Crippen LogP) is 2.27. The first-order valence-corrected chi connectivity index (χ1v) is 6.96. The smallest absolute Gasteiger partial charge is 0.0781 e. The van der Waals surface area contributed by atoms with Crippen molar-refractivity contribution in [3.05, 3.63) is 29.8 Å². The third kappa shape index (κ3) is 3.03. The van der Waals surface area contributed by atoms with E-state index >= 15 is 0 Å². The summed E-state index contributed by atoms with van der Waals surface area (Å²) in [6, 6.07) is 8.20. The van der Waals surface area contributed by atoms with E-state index in [1.165, 1.54) is 18.7 Å². The summed E-state index contributed by atoms with van der Waals surface area (Å²) in [6.45, 7) is 9.64. The molecular weight excluding hydrogens is 224 g/mol. The highest BCUT2D eigenvalue weighted by Crippen LogP contribution is 2.26. The second kappa shape index (κ2) is 6.21. The first-order valence-electron chi connectivity index (χ1n) is 6.96. The molecule has 1 aromatic carbocycles. The van der Waals surface area contributed by atoms with Gasteiger partial charge in [-0.2, -0.15) is 0 Å². The van der Waals surface area contributed by atoms with Gasteiger partial charge in [-0.25, -0.2) is 0 Å². The second-order valence-corrected chi connectivity index (χ2v) is 5.06. The highest BCUT2D eigenvalue weighted by atomic mass is 16.3. The molecule has 0 saturated carbocycles. The molecule has 100 valence electrons. The number of aliphatic hydroxyl groups excluding tert-OH is 1. The lowest BCUT2D eigenvalue weighted by atomic mass is 10.1. The van der Waals surface area contributed by atoms with E-state index in [9.17, 15) is 5.11 Å². The topological polar surface area (TPSA) is 26.7 Å². The first-order chi connectivity index (χ1) is 8.72. The monoisotopic (exact) mass is 248 g/mol. The minimum Gasteiger partial charge on any atom is -0.389 e. The van der Waals surface area contributed by atoms with Crippen molar-refractivity contribution in [2.75, 3.05) is 37.6 Å². The van der Waals surface area contributed by atoms with Crippen molar-refractivity contribution in [2.45, 2.75) is 26.4 Å². The molecule has 1 aliphatic rings. The van der Waals surface area contributed by atoms with Crippen LogP contribution in [0.5, 0.6) is 0 Å². The molecule has 18 heavy (non-hydrogen) atoms. The third-order valence-electron chi connectivity index (χ3n) is 3.64. The number of para-hydroxylation sites is 1. The highest BCUT2D eigenvalue weighted by molar-refractivity contribution is 5.54. The van der Waals surface area contributed by atoms with Gasteiger partial charge in [0.1, 0.15) is 0 Å². The summed E-state index contributed by atoms with van der Waals surface area (Å²) < 4.78 is 0. The van der Waals surface area contributed by atoms with Crippen molar-refractivity contribution in [3.8, 4) is 0 Å². The van der Waals surface area contributed by atoms with E-state index in [0.717, 1.165) is 31.7 Å². The van der Waals surface area contributed by atoms with E-state index in [1.54, 1.807) is 0 Å². The molecule has 0 bridgehead atoms. The van der Waals surface area contributed by atoms with Gasteiger partial charge in [0.25, 0.3) is 0 Å². The van der Waals surface area contributed by atoms with Crippen molar-refractivity contribution >= 4 is 5.69 Å². The van der Waals surface area contributed by atoms with Gasteiger partial charge in [-0.3, -0.25) is 4.90 Å². The quantitative estimate of drug-likeness (QED) is 0.885. The lowest BCUT2D eigenvalue weighted by molar-refractivity contribution is 0.199. The highest BCUT2D eigenvalue weighted by Gasteiger charge is 2.19. The van der Waals surface area contributed by atoms with Crippen molar-refractivity contribution in [1.82, 2.24) is 4.90 Å². The Bertz CT molecular complexity index is 371. The van der Waals surface area contributed by atoms with Crippen molar-refractivity contribution in [1.29, 1.82) is 0 Å². The van der Waals surface area contributed by atoms with E-state index in [-0.39, 0.29) is 0 Å². The van der Waals surface area contributed by atoms with Crippen LogP contribution >= 0.6 is 0 Å². The summed E-state index contributed by atoms with van der Waals surface area (Å²) >= 11 is 0. The molecule has 1 aliphatic heterocycles. The minimum atomic E-state index is -0.394. The summed E-state index contributed by atoms with van der Waals surface area (Å²) in [4.78, 5) is 4.91. The standard InChI is InChI=1S/C15H24N2O/c1-3-8-16-9-11-17(12-10-16)15-7-5-4-6-14(15)13(2)18/h4-7,13,18H,3,8-12H2,1-2H3. The van der Waals surface area contributed by atoms with Crippen LogP contribution in [0.1, 0.15) is 31.9 Å². The number of hydrogen-bond donors (Lipinski definition) is 1. The molecule has 0 spiro atoms. The fourth-order valence-corrected chi connectivity index (χ4v) is 2.66. The van der Waals surface area contributed by atoms with Gasteiger partial charge in [0.05, 0.1) is 6.10 Å². The van der Waals surface area contributed by atoms with Crippen molar-refractivity contribution < 1.29 is 5.11 Å². The van der Waals surface area contributed by atoms with Crippen LogP contribution in [0.25, 0.3) is 0 Å². The van der Waals surface area contributed by atoms with Crippen LogP contribution in [-0.2, 0) is 0 Å². The average Bonchev–Trinajstić information content (AvgIpc) is 2.40. The number of hydrogen-bond acceptors (Lipinski definition) is 3. The zero-order valence-corrected chi connectivity index (χ0v) is 11.5. The number of anilines is 1. The molecule has 3 nitrogen and oxygen atoms in total. The molecule has 0 radical (unpaired) electrons. The Kier molecular flexibility index (Phi) is 4.61. The molecule has 1 aromatic rings. The zero-order chi connectivity index (χ0) is 13.0. The number of nitrogens with zero attached hydrogens (tertiary/aromatic N) is 2. The molecule has 1 saturated heterocycles. The summed E-state index contributed by atoms with van der Waals surface area (Å²) in [7, 11) is 0. The minimum absolute atomic E-state index is 0.394. The summed E-state index contributed by atoms with van der Waals surface area (Å²) in [5.74, 6) is 0. The molecule has 1 atom stereocenters. The van der Waals surface area contributed by atoms with Gasteiger partial charge in [-0.15, -0.1) is 0 Å². The Morgan fingerprint density at radius 3 is 2.44 bits per heavy atom. The van der Waals surface area contributed by atoms with Crippen molar-refractivity contribution in [2.24, 2.45) is 0 Å². The lowest BCUT2D eigenvalue weighted by Crippen LogP contribution is -2.46. The van der Waals surface area contributed by atoms with Crippen molar-refractivity contribution in [3.63, 3.8) is 0 Å². The molecule has 1 heterocycles. The maximum absolute atomic E-state index is 9.83. The molecule has 2 rings (SSSR count). The van der Waals surface area contributed by atoms with Crippen LogP contribution in [0.3, 0.4) is 0 Å². The van der Waals surface area contributed by atoms with Gasteiger partial charge >= 0.3 is 0 Å². The second-order valence-electron chi connectivity index (χ2n) is 5.06. The van der Waals surface area contributed by atoms with E-state index in [0.29, 0.717) is 0 Å². The Hall–Kier alpha value is -1.06. The van der Waals surface area contributed by atoms with Gasteiger partial charge in [-0.1, -0.05) is 25.1 Å². The maximum atomic E-state index is 9.83. The van der Waals surface area contributed by atoms with Gasteiger partial charge < -0.3 is 10.0 Å². The molecule has 1 N–H and O–H groups in total. The first kappa shape index (κ1) is 13.4. The normalized spacial score (nSPS) is 18.9. The van der Waals surface area contributed by atoms with Crippen LogP contribution in [0.15, 0.2) is 24.3 Å². The molecular formula is C15H24N2O. The van der Waals surface area contributed by atoms with Crippen LogP contribution in [-0.4, -0.2) is 42.7 Å². The van der Waals surface area contributed by atoms with Crippen LogP contribution < -0.4 is 4.90 Å². The Morgan fingerprint density at radius 2 is 1.83 bits per heavy atom. The van der Waals surface area contributed by atoms with Crippen LogP contribution in [0.2, 0.25) is 0 Å². The SMILES string of the molecule is CCCN1CCN(c2ccccc2C(C)O)CC1. The Morgan fingerprint density at radius 1 is 1.17 bits per heavy atom. The molecule has 0 aliphatic carbocycles. The summed E-state index contributed by atoms with van der Waals surface area (Å²) in [5.41, 5.74) is 2.24. The average molecular weight is 248 g/mol. The zero-order valence-electron chi connectivity index (χ0n) is 11.5. The predicted molar refractivity (Wildman–Crippen MR) is 76.0 cm³/mol. The molecule has 1 fully saturated rings. The van der Waals surface area contributed by atoms with Gasteiger partial charge in [-0.05, 0) is 26.0 Å². The van der Waals surface area contributed by atoms with Gasteiger partial charge in [0.15, 0.2) is 0 Å². The summed E-state index contributed by atoms with van der Waals surface area (Å²) in [5, 5.41) is 9.83. The van der Waals surface area contributed by atoms with Gasteiger partial charge in [0, 0.05) is 37.4 Å². The molecule has 0 aromatic heterocycles. The third-order valence-corrected chi connectivity index (χ3v) is 3.64. The van der Waals surface area contributed by atoms with E-state index < -0.39 is 6.10 Å². The number of rotatable bonds is 4. The van der Waals surface area contributed by atoms with E-state index in [1.807, 2.05) is 19.1 Å². The maximum Gasteiger partial charge on any atom is 0.0781 e. The fourth-order valence-electron chi connectivity index (χ4n) is 2.66. The van der Waals surface area contributed by atoms with Gasteiger partial charge in [0.2, 0.25) is 0 Å². The van der Waals surface area contributed by atoms with Crippen LogP contribution in [0, 0.1) is 0 Å².